The molecule has 1 atom stereocenters. The van der Waals surface area contributed by atoms with Crippen molar-refractivity contribution >= 4 is 6.41 Å². The molecule has 0 heterocycles. The summed E-state index contributed by atoms with van der Waals surface area (Å²) in [4.78, 5) is 11.5. The van der Waals surface area contributed by atoms with Gasteiger partial charge in [0.25, 0.3) is 0 Å². The Morgan fingerprint density at radius 1 is 1.89 bits per heavy atom. The van der Waals surface area contributed by atoms with Crippen LogP contribution in [0.1, 0.15) is 13.3 Å². The van der Waals surface area contributed by atoms with E-state index in [1.54, 1.807) is 7.05 Å². The van der Waals surface area contributed by atoms with Crippen molar-refractivity contribution in [2.45, 2.75) is 19.4 Å². The van der Waals surface area contributed by atoms with Crippen molar-refractivity contribution in [3.8, 4) is 6.07 Å². The molecule has 1 unspecified atom stereocenters. The van der Waals surface area contributed by atoms with Crippen LogP contribution in [0.4, 0.5) is 0 Å². The molecule has 0 spiro atoms. The second-order valence-corrected chi connectivity index (χ2v) is 1.98. The lowest BCUT2D eigenvalue weighted by Crippen LogP contribution is -2.26. The maximum absolute atomic E-state index is 10.0. The number of rotatable bonds is 3. The molecule has 0 aliphatic heterocycles. The molecule has 1 amide bonds. The number of amides is 1. The first-order valence-electron chi connectivity index (χ1n) is 2.76. The summed E-state index contributed by atoms with van der Waals surface area (Å²) < 4.78 is 0. The van der Waals surface area contributed by atoms with Crippen molar-refractivity contribution < 1.29 is 4.79 Å². The molecule has 0 aromatic carbocycles. The van der Waals surface area contributed by atoms with Crippen molar-refractivity contribution in [1.29, 1.82) is 5.26 Å². The van der Waals surface area contributed by atoms with Crippen LogP contribution in [-0.2, 0) is 4.79 Å². The quantitative estimate of drug-likeness (QED) is 0.513. The molecule has 9 heavy (non-hydrogen) atoms. The molecule has 0 fully saturated rings. The number of hydrogen-bond donors (Lipinski definition) is 0. The number of carbonyl (C=O) groups excluding carboxylic acids is 1. The van der Waals surface area contributed by atoms with Crippen LogP contribution in [0.5, 0.6) is 0 Å². The van der Waals surface area contributed by atoms with Gasteiger partial charge in [0.05, 0.1) is 12.5 Å². The van der Waals surface area contributed by atoms with Crippen LogP contribution in [0.2, 0.25) is 0 Å². The summed E-state index contributed by atoms with van der Waals surface area (Å²) >= 11 is 0. The Morgan fingerprint density at radius 2 is 2.44 bits per heavy atom. The van der Waals surface area contributed by atoms with E-state index in [-0.39, 0.29) is 6.04 Å². The van der Waals surface area contributed by atoms with Crippen LogP contribution in [0.15, 0.2) is 0 Å². The molecule has 0 N–H and O–H groups in total. The molecule has 0 rings (SSSR count). The van der Waals surface area contributed by atoms with E-state index in [2.05, 4.69) is 0 Å². The van der Waals surface area contributed by atoms with Gasteiger partial charge in [-0.15, -0.1) is 0 Å². The van der Waals surface area contributed by atoms with Crippen molar-refractivity contribution in [3.63, 3.8) is 0 Å². The fourth-order valence-corrected chi connectivity index (χ4v) is 0.380. The Hall–Kier alpha value is -1.04. The predicted molar refractivity (Wildman–Crippen MR) is 33.5 cm³/mol. The maximum Gasteiger partial charge on any atom is 0.209 e. The van der Waals surface area contributed by atoms with Crippen LogP contribution < -0.4 is 0 Å². The molecule has 0 aliphatic rings. The molecule has 0 aromatic heterocycles. The van der Waals surface area contributed by atoms with Crippen LogP contribution in [0.3, 0.4) is 0 Å². The minimum Gasteiger partial charge on any atom is -0.345 e. The van der Waals surface area contributed by atoms with Gasteiger partial charge in [0.2, 0.25) is 6.41 Å². The highest BCUT2D eigenvalue weighted by Crippen LogP contribution is 1.94. The number of nitriles is 1. The van der Waals surface area contributed by atoms with E-state index >= 15 is 0 Å². The molecule has 0 saturated carbocycles. The summed E-state index contributed by atoms with van der Waals surface area (Å²) in [7, 11) is 1.66. The minimum absolute atomic E-state index is 0.0347. The second-order valence-electron chi connectivity index (χ2n) is 1.98. The molecule has 0 bridgehead atoms. The fraction of sp³-hybridized carbons (Fsp3) is 0.667. The summed E-state index contributed by atoms with van der Waals surface area (Å²) in [6.45, 7) is 1.83. The zero-order chi connectivity index (χ0) is 7.28. The molecule has 0 aromatic rings. The Bertz CT molecular complexity index is 128. The van der Waals surface area contributed by atoms with Crippen molar-refractivity contribution in [1.82, 2.24) is 4.90 Å². The van der Waals surface area contributed by atoms with E-state index in [1.807, 2.05) is 13.0 Å². The van der Waals surface area contributed by atoms with E-state index in [4.69, 9.17) is 5.26 Å². The largest absolute Gasteiger partial charge is 0.345 e. The highest BCUT2D eigenvalue weighted by molar-refractivity contribution is 5.46. The van der Waals surface area contributed by atoms with Crippen molar-refractivity contribution in [2.75, 3.05) is 7.05 Å². The third kappa shape index (κ3) is 2.70. The van der Waals surface area contributed by atoms with Gasteiger partial charge < -0.3 is 4.90 Å². The van der Waals surface area contributed by atoms with Crippen molar-refractivity contribution in [3.05, 3.63) is 0 Å². The fourth-order valence-electron chi connectivity index (χ4n) is 0.380. The lowest BCUT2D eigenvalue weighted by molar-refractivity contribution is -0.118. The summed E-state index contributed by atoms with van der Waals surface area (Å²) in [5.41, 5.74) is 0. The van der Waals surface area contributed by atoms with E-state index in [0.717, 1.165) is 6.41 Å². The third-order valence-electron chi connectivity index (χ3n) is 1.25. The Labute approximate surface area is 54.9 Å². The first kappa shape index (κ1) is 7.96. The Morgan fingerprint density at radius 3 is 2.78 bits per heavy atom. The van der Waals surface area contributed by atoms with E-state index in [1.165, 1.54) is 4.90 Å². The van der Waals surface area contributed by atoms with Gasteiger partial charge in [-0.05, 0) is 6.92 Å². The molecule has 0 radical (unpaired) electrons. The molecule has 3 heteroatoms. The van der Waals surface area contributed by atoms with Gasteiger partial charge >= 0.3 is 0 Å². The first-order valence-corrected chi connectivity index (χ1v) is 2.76. The standard InChI is InChI=1S/C6H10N2O/c1-6(3-4-7)8(2)5-9/h5-6H,3H2,1-2H3. The summed E-state index contributed by atoms with van der Waals surface area (Å²) in [6, 6.07) is 2.02. The predicted octanol–water partition coefficient (Wildman–Crippen LogP) is 0.377. The summed E-state index contributed by atoms with van der Waals surface area (Å²) in [6.07, 6.45) is 1.12. The molecule has 50 valence electrons. The molecule has 0 saturated heterocycles. The van der Waals surface area contributed by atoms with Crippen LogP contribution in [0, 0.1) is 11.3 Å². The molecular weight excluding hydrogens is 116 g/mol. The van der Waals surface area contributed by atoms with Crippen LogP contribution >= 0.6 is 0 Å². The van der Waals surface area contributed by atoms with E-state index in [0.29, 0.717) is 6.42 Å². The van der Waals surface area contributed by atoms with Gasteiger partial charge in [-0.3, -0.25) is 4.79 Å². The van der Waals surface area contributed by atoms with Gasteiger partial charge in [0, 0.05) is 13.1 Å². The smallest absolute Gasteiger partial charge is 0.209 e. The normalized spacial score (nSPS) is 11.7. The average Bonchev–Trinajstić information content (AvgIpc) is 1.87. The Balaban J connectivity index is 3.60. The molecule has 0 aliphatic carbocycles. The monoisotopic (exact) mass is 126 g/mol. The minimum atomic E-state index is 0.0347. The second kappa shape index (κ2) is 3.90. The molecule has 3 nitrogen and oxygen atoms in total. The highest BCUT2D eigenvalue weighted by atomic mass is 16.1. The Kier molecular flexibility index (Phi) is 3.45. The summed E-state index contributed by atoms with van der Waals surface area (Å²) in [5.74, 6) is 0. The highest BCUT2D eigenvalue weighted by Gasteiger charge is 2.03. The lowest BCUT2D eigenvalue weighted by atomic mass is 10.2. The molecular formula is C6H10N2O. The van der Waals surface area contributed by atoms with Gasteiger partial charge in [-0.1, -0.05) is 0 Å². The zero-order valence-corrected chi connectivity index (χ0v) is 5.66. The van der Waals surface area contributed by atoms with E-state index in [9.17, 15) is 4.79 Å². The van der Waals surface area contributed by atoms with E-state index < -0.39 is 0 Å². The van der Waals surface area contributed by atoms with Gasteiger partial charge in [-0.2, -0.15) is 5.26 Å². The van der Waals surface area contributed by atoms with Crippen LogP contribution in [0.25, 0.3) is 0 Å². The third-order valence-corrected chi connectivity index (χ3v) is 1.25. The topological polar surface area (TPSA) is 44.1 Å². The number of nitrogens with zero attached hydrogens (tertiary/aromatic N) is 2. The van der Waals surface area contributed by atoms with Gasteiger partial charge in [0.15, 0.2) is 0 Å². The van der Waals surface area contributed by atoms with Gasteiger partial charge in [0.1, 0.15) is 0 Å². The van der Waals surface area contributed by atoms with Crippen molar-refractivity contribution in [2.24, 2.45) is 0 Å². The lowest BCUT2D eigenvalue weighted by Gasteiger charge is -2.16. The first-order chi connectivity index (χ1) is 4.22. The number of hydrogen-bond acceptors (Lipinski definition) is 2. The number of carbonyl (C=O) groups is 1. The SMILES string of the molecule is CC(CC#N)N(C)C=O. The maximum atomic E-state index is 10.0. The average molecular weight is 126 g/mol. The summed E-state index contributed by atoms with van der Waals surface area (Å²) in [5, 5.41) is 8.19. The van der Waals surface area contributed by atoms with Gasteiger partial charge in [-0.25, -0.2) is 0 Å². The van der Waals surface area contributed by atoms with Crippen LogP contribution in [-0.4, -0.2) is 24.4 Å². The zero-order valence-electron chi connectivity index (χ0n) is 5.66.